The maximum atomic E-state index is 12.0. The number of nitrogens with one attached hydrogen (secondary N) is 2. The largest absolute Gasteiger partial charge is 0.481 e. The van der Waals surface area contributed by atoms with Gasteiger partial charge in [-0.15, -0.1) is 0 Å². The lowest BCUT2D eigenvalue weighted by atomic mass is 9.97. The summed E-state index contributed by atoms with van der Waals surface area (Å²) >= 11 is 0. The first-order valence-corrected chi connectivity index (χ1v) is 7.81. The Balaban J connectivity index is 1.83. The third-order valence-corrected chi connectivity index (χ3v) is 3.85. The summed E-state index contributed by atoms with van der Waals surface area (Å²) in [5.74, 6) is -0.785. The molecule has 1 aromatic heterocycles. The minimum atomic E-state index is -0.658. The lowest BCUT2D eigenvalue weighted by Crippen LogP contribution is -2.42. The van der Waals surface area contributed by atoms with Crippen molar-refractivity contribution in [3.8, 4) is 5.88 Å². The van der Waals surface area contributed by atoms with Gasteiger partial charge in [-0.25, -0.2) is 4.98 Å². The van der Waals surface area contributed by atoms with E-state index in [1.54, 1.807) is 12.1 Å². The van der Waals surface area contributed by atoms with Gasteiger partial charge < -0.3 is 15.4 Å². The molecule has 0 aliphatic heterocycles. The number of pyridine rings is 1. The van der Waals surface area contributed by atoms with Crippen LogP contribution in [0.4, 0.5) is 5.69 Å². The van der Waals surface area contributed by atoms with Crippen LogP contribution in [0.15, 0.2) is 18.3 Å². The molecule has 0 unspecified atom stereocenters. The summed E-state index contributed by atoms with van der Waals surface area (Å²) in [6.07, 6.45) is 9.24. The van der Waals surface area contributed by atoms with Gasteiger partial charge in [0.2, 0.25) is 5.88 Å². The van der Waals surface area contributed by atoms with Crippen molar-refractivity contribution in [2.24, 2.45) is 0 Å². The van der Waals surface area contributed by atoms with Crippen molar-refractivity contribution in [1.29, 1.82) is 0 Å². The first kappa shape index (κ1) is 16.3. The standard InChI is InChI=1S/C16H23N3O3/c1-22-14-10-9-13(11-17-14)19-16(21)15(20)18-12-7-5-3-2-4-6-8-12/h9-12H,2-8H2,1H3,(H,18,20)(H,19,21). The van der Waals surface area contributed by atoms with Gasteiger partial charge >= 0.3 is 11.8 Å². The predicted octanol–water partition coefficient (Wildman–Crippen LogP) is 2.26. The zero-order chi connectivity index (χ0) is 15.8. The maximum Gasteiger partial charge on any atom is 0.313 e. The van der Waals surface area contributed by atoms with E-state index in [0.717, 1.165) is 25.7 Å². The summed E-state index contributed by atoms with van der Waals surface area (Å²) in [6.45, 7) is 0. The molecule has 6 nitrogen and oxygen atoms in total. The van der Waals surface area contributed by atoms with Gasteiger partial charge in [-0.3, -0.25) is 9.59 Å². The third-order valence-electron chi connectivity index (χ3n) is 3.85. The Labute approximate surface area is 130 Å². The number of methoxy groups -OCH3 is 1. The number of ether oxygens (including phenoxy) is 1. The van der Waals surface area contributed by atoms with Gasteiger partial charge in [0, 0.05) is 12.1 Å². The number of nitrogens with zero attached hydrogens (tertiary/aromatic N) is 1. The summed E-state index contributed by atoms with van der Waals surface area (Å²) in [7, 11) is 1.52. The van der Waals surface area contributed by atoms with Crippen molar-refractivity contribution in [2.45, 2.75) is 51.0 Å². The molecule has 0 radical (unpaired) electrons. The second-order valence-corrected chi connectivity index (χ2v) is 5.56. The molecule has 0 spiro atoms. The van der Waals surface area contributed by atoms with Crippen LogP contribution in [-0.2, 0) is 9.59 Å². The molecule has 1 aromatic rings. The Morgan fingerprint density at radius 3 is 2.36 bits per heavy atom. The van der Waals surface area contributed by atoms with E-state index in [1.165, 1.54) is 32.6 Å². The minimum absolute atomic E-state index is 0.104. The van der Waals surface area contributed by atoms with Crippen LogP contribution in [0.25, 0.3) is 0 Å². The van der Waals surface area contributed by atoms with Crippen LogP contribution in [0.3, 0.4) is 0 Å². The van der Waals surface area contributed by atoms with Gasteiger partial charge in [0.05, 0.1) is 19.0 Å². The highest BCUT2D eigenvalue weighted by atomic mass is 16.5. The summed E-state index contributed by atoms with van der Waals surface area (Å²) < 4.78 is 4.94. The normalized spacial score (nSPS) is 16.2. The third kappa shape index (κ3) is 5.02. The van der Waals surface area contributed by atoms with E-state index in [2.05, 4.69) is 15.6 Å². The van der Waals surface area contributed by atoms with Crippen LogP contribution < -0.4 is 15.4 Å². The molecule has 1 aliphatic carbocycles. The Hall–Kier alpha value is -2.11. The number of hydrogen-bond donors (Lipinski definition) is 2. The SMILES string of the molecule is COc1ccc(NC(=O)C(=O)NC2CCCCCCC2)cn1. The predicted molar refractivity (Wildman–Crippen MR) is 83.7 cm³/mol. The maximum absolute atomic E-state index is 12.0. The molecule has 6 heteroatoms. The van der Waals surface area contributed by atoms with E-state index >= 15 is 0 Å². The fourth-order valence-corrected chi connectivity index (χ4v) is 2.61. The first-order valence-electron chi connectivity index (χ1n) is 7.81. The number of anilines is 1. The van der Waals surface area contributed by atoms with Gasteiger partial charge in [-0.1, -0.05) is 32.1 Å². The van der Waals surface area contributed by atoms with Crippen molar-refractivity contribution >= 4 is 17.5 Å². The number of amides is 2. The highest BCUT2D eigenvalue weighted by Gasteiger charge is 2.19. The Bertz CT molecular complexity index is 494. The number of hydrogen-bond acceptors (Lipinski definition) is 4. The lowest BCUT2D eigenvalue weighted by molar-refractivity contribution is -0.136. The summed E-state index contributed by atoms with van der Waals surface area (Å²) in [5.41, 5.74) is 0.471. The van der Waals surface area contributed by atoms with E-state index < -0.39 is 11.8 Å². The Morgan fingerprint density at radius 2 is 1.77 bits per heavy atom. The smallest absolute Gasteiger partial charge is 0.313 e. The quantitative estimate of drug-likeness (QED) is 0.839. The van der Waals surface area contributed by atoms with Crippen molar-refractivity contribution in [2.75, 3.05) is 12.4 Å². The van der Waals surface area contributed by atoms with E-state index in [-0.39, 0.29) is 6.04 Å². The molecule has 0 aromatic carbocycles. The van der Waals surface area contributed by atoms with E-state index in [0.29, 0.717) is 11.6 Å². The second kappa shape index (κ2) is 8.36. The van der Waals surface area contributed by atoms with E-state index in [1.807, 2.05) is 0 Å². The molecule has 2 rings (SSSR count). The Morgan fingerprint density at radius 1 is 1.09 bits per heavy atom. The zero-order valence-electron chi connectivity index (χ0n) is 12.9. The van der Waals surface area contributed by atoms with Crippen LogP contribution in [0, 0.1) is 0 Å². The molecule has 1 fully saturated rings. The molecule has 0 saturated heterocycles. The highest BCUT2D eigenvalue weighted by Crippen LogP contribution is 2.17. The molecule has 0 atom stereocenters. The summed E-state index contributed by atoms with van der Waals surface area (Å²) in [6, 6.07) is 3.38. The zero-order valence-corrected chi connectivity index (χ0v) is 12.9. The van der Waals surface area contributed by atoms with Crippen molar-refractivity contribution in [1.82, 2.24) is 10.3 Å². The summed E-state index contributed by atoms with van der Waals surface area (Å²) in [5, 5.41) is 5.37. The fourth-order valence-electron chi connectivity index (χ4n) is 2.61. The van der Waals surface area contributed by atoms with Crippen LogP contribution in [0.1, 0.15) is 44.9 Å². The van der Waals surface area contributed by atoms with Crippen molar-refractivity contribution in [3.63, 3.8) is 0 Å². The molecular formula is C16H23N3O3. The van der Waals surface area contributed by atoms with Crippen LogP contribution in [0.2, 0.25) is 0 Å². The van der Waals surface area contributed by atoms with Gasteiger partial charge in [0.15, 0.2) is 0 Å². The highest BCUT2D eigenvalue weighted by molar-refractivity contribution is 6.39. The van der Waals surface area contributed by atoms with E-state index in [9.17, 15) is 9.59 Å². The topological polar surface area (TPSA) is 80.3 Å². The molecule has 0 bridgehead atoms. The number of aromatic nitrogens is 1. The van der Waals surface area contributed by atoms with Gasteiger partial charge in [0.1, 0.15) is 0 Å². The average Bonchev–Trinajstić information content (AvgIpc) is 2.50. The fraction of sp³-hybridized carbons (Fsp3) is 0.562. The first-order chi connectivity index (χ1) is 10.7. The molecule has 1 heterocycles. The monoisotopic (exact) mass is 305 g/mol. The number of rotatable bonds is 3. The van der Waals surface area contributed by atoms with Crippen LogP contribution >= 0.6 is 0 Å². The van der Waals surface area contributed by atoms with Gasteiger partial charge in [-0.2, -0.15) is 0 Å². The molecule has 1 saturated carbocycles. The van der Waals surface area contributed by atoms with Crippen LogP contribution in [-0.4, -0.2) is 29.9 Å². The van der Waals surface area contributed by atoms with Gasteiger partial charge in [0.25, 0.3) is 0 Å². The minimum Gasteiger partial charge on any atom is -0.481 e. The van der Waals surface area contributed by atoms with Crippen LogP contribution in [0.5, 0.6) is 5.88 Å². The second-order valence-electron chi connectivity index (χ2n) is 5.56. The van der Waals surface area contributed by atoms with Crippen molar-refractivity contribution < 1.29 is 14.3 Å². The Kier molecular flexibility index (Phi) is 6.18. The molecule has 2 amide bonds. The molecule has 1 aliphatic rings. The number of carbonyl (C=O) groups is 2. The number of carbonyl (C=O) groups excluding carboxylic acids is 2. The average molecular weight is 305 g/mol. The van der Waals surface area contributed by atoms with Crippen molar-refractivity contribution in [3.05, 3.63) is 18.3 Å². The molecule has 2 N–H and O–H groups in total. The molecular weight excluding hydrogens is 282 g/mol. The lowest BCUT2D eigenvalue weighted by Gasteiger charge is -2.20. The van der Waals surface area contributed by atoms with Gasteiger partial charge in [-0.05, 0) is 18.9 Å². The molecule has 22 heavy (non-hydrogen) atoms. The summed E-state index contributed by atoms with van der Waals surface area (Å²) in [4.78, 5) is 27.9. The van der Waals surface area contributed by atoms with E-state index in [4.69, 9.17) is 4.74 Å². The molecule has 120 valence electrons.